The normalized spacial score (nSPS) is 41.2. The first-order chi connectivity index (χ1) is 7.75. The highest BCUT2D eigenvalue weighted by molar-refractivity contribution is 7.54. The molecule has 2 fully saturated rings. The van der Waals surface area contributed by atoms with E-state index in [9.17, 15) is 29.0 Å². The molecule has 0 aliphatic heterocycles. The van der Waals surface area contributed by atoms with Gasteiger partial charge in [0.1, 0.15) is 6.17 Å². The Hall–Kier alpha value is -0.0000000000000000555. The molecule has 2 saturated carbocycles. The molecular formula is C10H18FO5P. The second-order valence-electron chi connectivity index (χ2n) is 5.35. The highest BCUT2D eigenvalue weighted by Crippen LogP contribution is 2.68. The summed E-state index contributed by atoms with van der Waals surface area (Å²) in [5.41, 5.74) is 0. The molecule has 0 spiro atoms. The van der Waals surface area contributed by atoms with Crippen LogP contribution in [0.4, 0.5) is 4.39 Å². The number of aliphatic hydroxyl groups is 2. The molecular weight excluding hydrogens is 250 g/mol. The van der Waals surface area contributed by atoms with Crippen LogP contribution < -0.4 is 0 Å². The predicted octanol–water partition coefficient (Wildman–Crippen LogP) is 0.557. The quantitative estimate of drug-likeness (QED) is 0.561. The van der Waals surface area contributed by atoms with Crippen LogP contribution in [0.1, 0.15) is 32.1 Å². The molecule has 4 atom stereocenters. The largest absolute Gasteiger partial charge is 0.390 e. The summed E-state index contributed by atoms with van der Waals surface area (Å²) in [4.78, 5) is 18.4. The van der Waals surface area contributed by atoms with Gasteiger partial charge in [-0.2, -0.15) is 0 Å². The molecule has 2 aliphatic rings. The third kappa shape index (κ3) is 2.56. The lowest BCUT2D eigenvalue weighted by Gasteiger charge is -2.35. The fraction of sp³-hybridized carbons (Fsp3) is 1.00. The summed E-state index contributed by atoms with van der Waals surface area (Å²) in [5, 5.41) is 17.7. The van der Waals surface area contributed by atoms with E-state index >= 15 is 0 Å². The number of halogens is 1. The van der Waals surface area contributed by atoms with Gasteiger partial charge in [-0.1, -0.05) is 0 Å². The van der Waals surface area contributed by atoms with Crippen molar-refractivity contribution in [1.29, 1.82) is 0 Å². The van der Waals surface area contributed by atoms with Crippen LogP contribution in [0.2, 0.25) is 0 Å². The number of hydrogen-bond acceptors (Lipinski definition) is 3. The van der Waals surface area contributed by atoms with E-state index in [1.54, 1.807) is 0 Å². The Labute approximate surface area is 98.8 Å². The number of alkyl halides is 1. The van der Waals surface area contributed by atoms with Crippen molar-refractivity contribution in [2.75, 3.05) is 0 Å². The summed E-state index contributed by atoms with van der Waals surface area (Å²) in [5.74, 6) is -0.566. The summed E-state index contributed by atoms with van der Waals surface area (Å²) >= 11 is 0. The van der Waals surface area contributed by atoms with Crippen LogP contribution in [-0.2, 0) is 4.57 Å². The van der Waals surface area contributed by atoms with Crippen molar-refractivity contribution < 1.29 is 29.0 Å². The van der Waals surface area contributed by atoms with E-state index in [-0.39, 0.29) is 19.3 Å². The molecule has 0 radical (unpaired) electrons. The van der Waals surface area contributed by atoms with Crippen LogP contribution >= 0.6 is 7.60 Å². The Morgan fingerprint density at radius 1 is 1.18 bits per heavy atom. The van der Waals surface area contributed by atoms with Crippen LogP contribution in [0.3, 0.4) is 0 Å². The van der Waals surface area contributed by atoms with Gasteiger partial charge in [-0.25, -0.2) is 4.39 Å². The maximum Gasteiger partial charge on any atom is 0.331 e. The summed E-state index contributed by atoms with van der Waals surface area (Å²) in [6.45, 7) is 0. The van der Waals surface area contributed by atoms with Crippen molar-refractivity contribution in [3.05, 3.63) is 0 Å². The Morgan fingerprint density at radius 3 is 2.18 bits per heavy atom. The fourth-order valence-electron chi connectivity index (χ4n) is 2.65. The second-order valence-corrected chi connectivity index (χ2v) is 7.39. The molecule has 4 unspecified atom stereocenters. The van der Waals surface area contributed by atoms with Crippen LogP contribution in [-0.4, -0.2) is 43.5 Å². The summed E-state index contributed by atoms with van der Waals surface area (Å²) < 4.78 is 25.0. The van der Waals surface area contributed by atoms with Crippen molar-refractivity contribution in [2.24, 2.45) is 5.92 Å². The van der Waals surface area contributed by atoms with Crippen LogP contribution in [0.5, 0.6) is 0 Å². The monoisotopic (exact) mass is 268 g/mol. The SMILES string of the molecule is O=P(O)(O)C1(CC2CC(O)C(O)CC2F)CC1. The Kier molecular flexibility index (Phi) is 3.38. The molecule has 7 heteroatoms. The minimum absolute atomic E-state index is 0.0735. The first-order valence-corrected chi connectivity index (χ1v) is 7.42. The van der Waals surface area contributed by atoms with Crippen molar-refractivity contribution in [1.82, 2.24) is 0 Å². The van der Waals surface area contributed by atoms with E-state index in [0.717, 1.165) is 0 Å². The predicted molar refractivity (Wildman–Crippen MR) is 58.3 cm³/mol. The van der Waals surface area contributed by atoms with Gasteiger partial charge in [0.05, 0.1) is 17.4 Å². The second kappa shape index (κ2) is 4.28. The van der Waals surface area contributed by atoms with Gasteiger partial charge >= 0.3 is 7.60 Å². The third-order valence-corrected chi connectivity index (χ3v) is 5.92. The lowest BCUT2D eigenvalue weighted by molar-refractivity contribution is -0.0570. The highest BCUT2D eigenvalue weighted by atomic mass is 31.2. The van der Waals surface area contributed by atoms with Gasteiger partial charge in [0.2, 0.25) is 0 Å². The number of rotatable bonds is 3. The number of aliphatic hydroxyl groups excluding tert-OH is 2. The van der Waals surface area contributed by atoms with E-state index in [1.165, 1.54) is 0 Å². The van der Waals surface area contributed by atoms with E-state index in [2.05, 4.69) is 0 Å². The average molecular weight is 268 g/mol. The standard InChI is InChI=1S/C10H18FO5P/c11-7-4-9(13)8(12)3-6(7)5-10(1-2-10)17(14,15)16/h6-9,12-13H,1-5H2,(H2,14,15,16). The smallest absolute Gasteiger partial charge is 0.331 e. The zero-order valence-electron chi connectivity index (χ0n) is 9.37. The highest BCUT2D eigenvalue weighted by Gasteiger charge is 2.58. The Balaban J connectivity index is 2.02. The lowest BCUT2D eigenvalue weighted by Crippen LogP contribution is -2.41. The zero-order valence-corrected chi connectivity index (χ0v) is 10.3. The van der Waals surface area contributed by atoms with Crippen molar-refractivity contribution in [3.8, 4) is 0 Å². The summed E-state index contributed by atoms with van der Waals surface area (Å²) in [6.07, 6.45) is -2.49. The van der Waals surface area contributed by atoms with E-state index < -0.39 is 37.0 Å². The van der Waals surface area contributed by atoms with Gasteiger partial charge in [0.15, 0.2) is 0 Å². The van der Waals surface area contributed by atoms with Crippen LogP contribution in [0, 0.1) is 5.92 Å². The van der Waals surface area contributed by atoms with Gasteiger partial charge in [-0.15, -0.1) is 0 Å². The van der Waals surface area contributed by atoms with Gasteiger partial charge in [0, 0.05) is 6.42 Å². The minimum atomic E-state index is -4.20. The van der Waals surface area contributed by atoms with Crippen LogP contribution in [0.15, 0.2) is 0 Å². The molecule has 0 saturated heterocycles. The molecule has 0 amide bonds. The maximum atomic E-state index is 13.7. The molecule has 0 aromatic heterocycles. The minimum Gasteiger partial charge on any atom is -0.390 e. The first-order valence-electron chi connectivity index (χ1n) is 5.81. The first kappa shape index (κ1) is 13.4. The number of hydrogen-bond donors (Lipinski definition) is 4. The van der Waals surface area contributed by atoms with E-state index in [0.29, 0.717) is 12.8 Å². The lowest BCUT2D eigenvalue weighted by atomic mass is 9.81. The van der Waals surface area contributed by atoms with Gasteiger partial charge in [-0.05, 0) is 31.6 Å². The maximum absolute atomic E-state index is 13.7. The fourth-order valence-corrected chi connectivity index (χ4v) is 3.82. The van der Waals surface area contributed by atoms with Crippen molar-refractivity contribution in [3.63, 3.8) is 0 Å². The molecule has 100 valence electrons. The average Bonchev–Trinajstić information content (AvgIpc) is 2.94. The molecule has 5 nitrogen and oxygen atoms in total. The molecule has 0 aromatic carbocycles. The molecule has 2 rings (SSSR count). The van der Waals surface area contributed by atoms with E-state index in [1.807, 2.05) is 0 Å². The summed E-state index contributed by atoms with van der Waals surface area (Å²) in [7, 11) is -4.20. The third-order valence-electron chi connectivity index (χ3n) is 4.05. The van der Waals surface area contributed by atoms with E-state index in [4.69, 9.17) is 0 Å². The molecule has 0 heterocycles. The van der Waals surface area contributed by atoms with Crippen molar-refractivity contribution >= 4 is 7.60 Å². The Bertz CT molecular complexity index is 340. The summed E-state index contributed by atoms with van der Waals surface area (Å²) in [6, 6.07) is 0. The van der Waals surface area contributed by atoms with Gasteiger partial charge in [0.25, 0.3) is 0 Å². The van der Waals surface area contributed by atoms with Crippen molar-refractivity contribution in [2.45, 2.75) is 55.6 Å². The van der Waals surface area contributed by atoms with Gasteiger partial charge in [-0.3, -0.25) is 4.57 Å². The molecule has 2 aliphatic carbocycles. The molecule has 17 heavy (non-hydrogen) atoms. The topological polar surface area (TPSA) is 98.0 Å². The Morgan fingerprint density at radius 2 is 1.71 bits per heavy atom. The molecule has 4 N–H and O–H groups in total. The van der Waals surface area contributed by atoms with Crippen LogP contribution in [0.25, 0.3) is 0 Å². The molecule has 0 aromatic rings. The zero-order chi connectivity index (χ0) is 12.8. The van der Waals surface area contributed by atoms with Gasteiger partial charge < -0.3 is 20.0 Å². The molecule has 0 bridgehead atoms.